The molecule has 5 atom stereocenters. The van der Waals surface area contributed by atoms with E-state index in [0.717, 1.165) is 12.1 Å². The zero-order chi connectivity index (χ0) is 23.2. The molecule has 1 aliphatic heterocycles. The van der Waals surface area contributed by atoms with Crippen molar-refractivity contribution < 1.29 is 49.3 Å². The number of phenols is 2. The van der Waals surface area contributed by atoms with Crippen molar-refractivity contribution in [2.75, 3.05) is 0 Å². The number of hydrogen-bond acceptors (Lipinski definition) is 10. The molecule has 11 nitrogen and oxygen atoms in total. The molecular formula is C21H18O11. The van der Waals surface area contributed by atoms with Gasteiger partial charge in [-0.1, -0.05) is 12.1 Å². The van der Waals surface area contributed by atoms with Gasteiger partial charge >= 0.3 is 5.97 Å². The molecule has 1 aromatic heterocycles. The quantitative estimate of drug-likeness (QED) is 0.320. The van der Waals surface area contributed by atoms with Gasteiger partial charge in [0.2, 0.25) is 6.29 Å². The Morgan fingerprint density at radius 3 is 2.34 bits per heavy atom. The van der Waals surface area contributed by atoms with Gasteiger partial charge < -0.3 is 44.5 Å². The number of carboxylic acids is 1. The highest BCUT2D eigenvalue weighted by Gasteiger charge is 2.48. The van der Waals surface area contributed by atoms with Gasteiger partial charge in [0.25, 0.3) is 0 Å². The predicted octanol–water partition coefficient (Wildman–Crippen LogP) is 0.142. The van der Waals surface area contributed by atoms with E-state index in [1.54, 1.807) is 12.1 Å². The molecule has 1 aliphatic rings. The minimum absolute atomic E-state index is 0.00980. The summed E-state index contributed by atoms with van der Waals surface area (Å²) in [6.45, 7) is 0. The van der Waals surface area contributed by atoms with Crippen molar-refractivity contribution in [3.63, 3.8) is 0 Å². The summed E-state index contributed by atoms with van der Waals surface area (Å²) in [5.41, 5.74) is -0.511. The summed E-state index contributed by atoms with van der Waals surface area (Å²) in [4.78, 5) is 23.8. The molecule has 0 radical (unpaired) electrons. The third-order valence-electron chi connectivity index (χ3n) is 5.02. The maximum atomic E-state index is 12.5. The lowest BCUT2D eigenvalue weighted by molar-refractivity contribution is -0.271. The standard InChI is InChI=1S/C21H18O11/c22-10-4-2-1-3-9(10)13-7-12(24)15-11(23)5-8(6-14(15)31-13)30-21-18(27)16(25)17(26)19(32-21)20(28)29/h1-7,16-19,21-23,25-27H,(H,28,29)/t16-,17-,18+,19-,21+/m0/s1. The van der Waals surface area contributed by atoms with Crippen LogP contribution in [0.1, 0.15) is 0 Å². The van der Waals surface area contributed by atoms with Crippen LogP contribution in [0, 0.1) is 0 Å². The molecule has 32 heavy (non-hydrogen) atoms. The van der Waals surface area contributed by atoms with E-state index in [-0.39, 0.29) is 33.8 Å². The molecule has 168 valence electrons. The SMILES string of the molecule is O=C(O)[C@H]1O[C@@H](Oc2cc(O)c3c(=O)cc(-c4ccccc4O)oc3c2)[C@H](O)[C@@H](O)[C@@H]1O. The van der Waals surface area contributed by atoms with Crippen molar-refractivity contribution in [1.29, 1.82) is 0 Å². The van der Waals surface area contributed by atoms with Crippen molar-refractivity contribution in [2.24, 2.45) is 0 Å². The predicted molar refractivity (Wildman–Crippen MR) is 106 cm³/mol. The summed E-state index contributed by atoms with van der Waals surface area (Å²) in [6.07, 6.45) is -9.20. The lowest BCUT2D eigenvalue weighted by Gasteiger charge is -2.38. The molecule has 6 N–H and O–H groups in total. The molecule has 2 heterocycles. The molecule has 0 spiro atoms. The number of benzene rings is 2. The zero-order valence-corrected chi connectivity index (χ0v) is 16.2. The Morgan fingerprint density at radius 2 is 1.66 bits per heavy atom. The third kappa shape index (κ3) is 3.74. The Bertz CT molecular complexity index is 1230. The number of para-hydroxylation sites is 1. The second-order valence-corrected chi connectivity index (χ2v) is 7.16. The molecule has 0 unspecified atom stereocenters. The first-order valence-corrected chi connectivity index (χ1v) is 9.35. The summed E-state index contributed by atoms with van der Waals surface area (Å²) in [5, 5.41) is 59.0. The molecular weight excluding hydrogens is 428 g/mol. The van der Waals surface area contributed by atoms with Crippen LogP contribution in [0.25, 0.3) is 22.3 Å². The van der Waals surface area contributed by atoms with Crippen molar-refractivity contribution in [1.82, 2.24) is 0 Å². The second-order valence-electron chi connectivity index (χ2n) is 7.16. The largest absolute Gasteiger partial charge is 0.507 e. The fraction of sp³-hybridized carbons (Fsp3) is 0.238. The number of carbonyl (C=O) groups is 1. The zero-order valence-electron chi connectivity index (χ0n) is 16.2. The van der Waals surface area contributed by atoms with Gasteiger partial charge in [-0.3, -0.25) is 4.79 Å². The number of hydrogen-bond donors (Lipinski definition) is 6. The Hall–Kier alpha value is -3.64. The molecule has 4 rings (SSSR count). The van der Waals surface area contributed by atoms with Gasteiger partial charge in [-0.25, -0.2) is 4.79 Å². The van der Waals surface area contributed by atoms with Crippen molar-refractivity contribution in [2.45, 2.75) is 30.7 Å². The van der Waals surface area contributed by atoms with E-state index in [1.165, 1.54) is 18.2 Å². The molecule has 1 fully saturated rings. The highest BCUT2D eigenvalue weighted by Crippen LogP contribution is 2.35. The molecule has 1 saturated heterocycles. The maximum Gasteiger partial charge on any atom is 0.335 e. The smallest absolute Gasteiger partial charge is 0.335 e. The highest BCUT2D eigenvalue weighted by molar-refractivity contribution is 5.86. The normalized spacial score (nSPS) is 25.5. The number of aliphatic hydroxyl groups is 3. The maximum absolute atomic E-state index is 12.5. The van der Waals surface area contributed by atoms with Crippen molar-refractivity contribution in [3.8, 4) is 28.6 Å². The van der Waals surface area contributed by atoms with E-state index in [9.17, 15) is 35.1 Å². The Morgan fingerprint density at radius 1 is 0.938 bits per heavy atom. The van der Waals surface area contributed by atoms with Crippen LogP contribution in [0.4, 0.5) is 0 Å². The van der Waals surface area contributed by atoms with Crippen LogP contribution in [0.2, 0.25) is 0 Å². The van der Waals surface area contributed by atoms with E-state index in [0.29, 0.717) is 0 Å². The van der Waals surface area contributed by atoms with E-state index < -0.39 is 47.9 Å². The fourth-order valence-electron chi connectivity index (χ4n) is 3.41. The number of aromatic hydroxyl groups is 2. The van der Waals surface area contributed by atoms with Crippen LogP contribution in [-0.4, -0.2) is 67.3 Å². The highest BCUT2D eigenvalue weighted by atomic mass is 16.7. The molecule has 3 aromatic rings. The van der Waals surface area contributed by atoms with Crippen molar-refractivity contribution in [3.05, 3.63) is 52.7 Å². The second kappa shape index (κ2) is 8.13. The van der Waals surface area contributed by atoms with E-state index in [2.05, 4.69) is 0 Å². The fourth-order valence-corrected chi connectivity index (χ4v) is 3.41. The molecule has 0 aliphatic carbocycles. The van der Waals surface area contributed by atoms with Crippen molar-refractivity contribution >= 4 is 16.9 Å². The first kappa shape index (κ1) is 21.6. The number of aliphatic hydroxyl groups excluding tert-OH is 3. The van der Waals surface area contributed by atoms with Gasteiger partial charge in [0.15, 0.2) is 11.5 Å². The average molecular weight is 446 g/mol. The molecule has 0 bridgehead atoms. The van der Waals surface area contributed by atoms with E-state index in [1.807, 2.05) is 0 Å². The monoisotopic (exact) mass is 446 g/mol. The molecule has 0 saturated carbocycles. The summed E-state index contributed by atoms with van der Waals surface area (Å²) in [5.74, 6) is -2.44. The number of fused-ring (bicyclic) bond motifs is 1. The van der Waals surface area contributed by atoms with E-state index >= 15 is 0 Å². The lowest BCUT2D eigenvalue weighted by atomic mass is 9.99. The average Bonchev–Trinajstić information content (AvgIpc) is 2.73. The number of rotatable bonds is 4. The summed E-state index contributed by atoms with van der Waals surface area (Å²) in [7, 11) is 0. The molecule has 11 heteroatoms. The van der Waals surface area contributed by atoms with E-state index in [4.69, 9.17) is 19.0 Å². The Balaban J connectivity index is 1.73. The molecule has 2 aromatic carbocycles. The van der Waals surface area contributed by atoms with Gasteiger partial charge in [0.1, 0.15) is 52.3 Å². The van der Waals surface area contributed by atoms with Crippen LogP contribution in [0.3, 0.4) is 0 Å². The van der Waals surface area contributed by atoms with Gasteiger partial charge in [-0.2, -0.15) is 0 Å². The minimum atomic E-state index is -1.90. The first-order valence-electron chi connectivity index (χ1n) is 9.35. The van der Waals surface area contributed by atoms with Crippen LogP contribution in [0.15, 0.2) is 51.7 Å². The van der Waals surface area contributed by atoms with Gasteiger partial charge in [-0.05, 0) is 12.1 Å². The van der Waals surface area contributed by atoms with Crippen LogP contribution in [0.5, 0.6) is 17.2 Å². The Kier molecular flexibility index (Phi) is 5.48. The topological polar surface area (TPSA) is 187 Å². The minimum Gasteiger partial charge on any atom is -0.507 e. The van der Waals surface area contributed by atoms with Gasteiger partial charge in [-0.15, -0.1) is 0 Å². The summed E-state index contributed by atoms with van der Waals surface area (Å²) >= 11 is 0. The number of ether oxygens (including phenoxy) is 2. The van der Waals surface area contributed by atoms with Crippen LogP contribution >= 0.6 is 0 Å². The van der Waals surface area contributed by atoms with Gasteiger partial charge in [0, 0.05) is 18.2 Å². The first-order chi connectivity index (χ1) is 15.2. The molecule has 0 amide bonds. The summed E-state index contributed by atoms with van der Waals surface area (Å²) in [6, 6.07) is 9.42. The number of aliphatic carboxylic acids is 1. The summed E-state index contributed by atoms with van der Waals surface area (Å²) < 4.78 is 16.1. The third-order valence-corrected chi connectivity index (χ3v) is 5.02. The number of carboxylic acid groups (broad SMARTS) is 1. The van der Waals surface area contributed by atoms with Crippen LogP contribution < -0.4 is 10.2 Å². The number of phenolic OH excluding ortho intramolecular Hbond substituents is 2. The Labute approximate surface area is 178 Å². The lowest BCUT2D eigenvalue weighted by Crippen LogP contribution is -2.61. The van der Waals surface area contributed by atoms with Crippen LogP contribution in [-0.2, 0) is 9.53 Å². The van der Waals surface area contributed by atoms with Gasteiger partial charge in [0.05, 0.1) is 5.56 Å².